The highest BCUT2D eigenvalue weighted by Crippen LogP contribution is 2.27. The van der Waals surface area contributed by atoms with Crippen molar-refractivity contribution in [1.29, 1.82) is 0 Å². The van der Waals surface area contributed by atoms with Crippen LogP contribution in [0, 0.1) is 6.92 Å². The van der Waals surface area contributed by atoms with Gasteiger partial charge in [-0.1, -0.05) is 12.1 Å². The molecule has 0 bridgehead atoms. The van der Waals surface area contributed by atoms with Gasteiger partial charge in [-0.05, 0) is 49.7 Å². The van der Waals surface area contributed by atoms with E-state index in [1.54, 1.807) is 38.6 Å². The number of nitrogens with one attached hydrogen (secondary N) is 1. The molecule has 1 aromatic heterocycles. The van der Waals surface area contributed by atoms with Gasteiger partial charge in [0.2, 0.25) is 0 Å². The van der Waals surface area contributed by atoms with Crippen LogP contribution in [-0.4, -0.2) is 29.7 Å². The lowest BCUT2D eigenvalue weighted by atomic mass is 10.1. The Morgan fingerprint density at radius 1 is 1.07 bits per heavy atom. The third kappa shape index (κ3) is 3.95. The van der Waals surface area contributed by atoms with Gasteiger partial charge in [0.1, 0.15) is 5.82 Å². The van der Waals surface area contributed by atoms with E-state index < -0.39 is 0 Å². The molecule has 0 saturated carbocycles. The zero-order chi connectivity index (χ0) is 19.4. The summed E-state index contributed by atoms with van der Waals surface area (Å²) in [5.41, 5.74) is 2.57. The molecule has 6 heteroatoms. The van der Waals surface area contributed by atoms with Crippen LogP contribution in [-0.2, 0) is 0 Å². The molecular formula is C21H23N3O3. The lowest BCUT2D eigenvalue weighted by Crippen LogP contribution is -2.26. The van der Waals surface area contributed by atoms with Gasteiger partial charge in [0.25, 0.3) is 5.91 Å². The van der Waals surface area contributed by atoms with Crippen molar-refractivity contribution < 1.29 is 14.3 Å². The summed E-state index contributed by atoms with van der Waals surface area (Å²) in [5.74, 6) is 1.88. The van der Waals surface area contributed by atoms with Gasteiger partial charge < -0.3 is 19.4 Å². The van der Waals surface area contributed by atoms with Crippen molar-refractivity contribution in [2.24, 2.45) is 0 Å². The molecule has 0 aliphatic rings. The van der Waals surface area contributed by atoms with E-state index in [2.05, 4.69) is 10.3 Å². The molecule has 3 rings (SSSR count). The number of ether oxygens (including phenoxy) is 2. The molecule has 140 valence electrons. The second kappa shape index (κ2) is 7.95. The largest absolute Gasteiger partial charge is 0.493 e. The lowest BCUT2D eigenvalue weighted by Gasteiger charge is -2.16. The molecule has 2 aromatic carbocycles. The van der Waals surface area contributed by atoms with Gasteiger partial charge in [-0.25, -0.2) is 4.98 Å². The Labute approximate surface area is 158 Å². The Morgan fingerprint density at radius 3 is 2.37 bits per heavy atom. The number of hydrogen-bond acceptors (Lipinski definition) is 4. The first-order valence-corrected chi connectivity index (χ1v) is 8.66. The van der Waals surface area contributed by atoms with Crippen molar-refractivity contribution in [2.45, 2.75) is 19.9 Å². The average Bonchev–Trinajstić information content (AvgIpc) is 3.13. The zero-order valence-corrected chi connectivity index (χ0v) is 15.9. The highest BCUT2D eigenvalue weighted by molar-refractivity contribution is 5.95. The zero-order valence-electron chi connectivity index (χ0n) is 15.9. The topological polar surface area (TPSA) is 65.4 Å². The molecule has 6 nitrogen and oxygen atoms in total. The monoisotopic (exact) mass is 365 g/mol. The molecule has 0 aliphatic carbocycles. The number of nitrogens with zero attached hydrogens (tertiary/aromatic N) is 2. The number of methoxy groups -OCH3 is 2. The van der Waals surface area contributed by atoms with Crippen molar-refractivity contribution in [2.75, 3.05) is 14.2 Å². The van der Waals surface area contributed by atoms with Crippen LogP contribution >= 0.6 is 0 Å². The Kier molecular flexibility index (Phi) is 5.45. The van der Waals surface area contributed by atoms with Crippen LogP contribution in [0.4, 0.5) is 0 Å². The van der Waals surface area contributed by atoms with Crippen molar-refractivity contribution in [1.82, 2.24) is 14.9 Å². The summed E-state index contributed by atoms with van der Waals surface area (Å²) in [6.45, 7) is 3.91. The molecule has 0 radical (unpaired) electrons. The molecule has 1 heterocycles. The Bertz CT molecular complexity index is 932. The molecule has 0 spiro atoms. The van der Waals surface area contributed by atoms with Crippen LogP contribution < -0.4 is 14.8 Å². The van der Waals surface area contributed by atoms with E-state index in [0.29, 0.717) is 17.1 Å². The molecule has 27 heavy (non-hydrogen) atoms. The predicted octanol–water partition coefficient (Wildman–Crippen LogP) is 3.69. The highest BCUT2D eigenvalue weighted by atomic mass is 16.5. The van der Waals surface area contributed by atoms with Crippen LogP contribution in [0.1, 0.15) is 34.7 Å². The number of hydrogen-bond donors (Lipinski definition) is 1. The van der Waals surface area contributed by atoms with Gasteiger partial charge in [-0.2, -0.15) is 0 Å². The van der Waals surface area contributed by atoms with Gasteiger partial charge >= 0.3 is 0 Å². The van der Waals surface area contributed by atoms with E-state index in [9.17, 15) is 4.79 Å². The molecular weight excluding hydrogens is 342 g/mol. The Hall–Kier alpha value is -3.28. The fourth-order valence-corrected chi connectivity index (χ4v) is 2.92. The Morgan fingerprint density at radius 2 is 1.78 bits per heavy atom. The van der Waals surface area contributed by atoms with Crippen molar-refractivity contribution in [3.63, 3.8) is 0 Å². The number of amides is 1. The summed E-state index contributed by atoms with van der Waals surface area (Å²) in [7, 11) is 3.11. The van der Waals surface area contributed by atoms with Crippen LogP contribution in [0.3, 0.4) is 0 Å². The summed E-state index contributed by atoms with van der Waals surface area (Å²) in [4.78, 5) is 16.8. The van der Waals surface area contributed by atoms with Crippen LogP contribution in [0.2, 0.25) is 0 Å². The van der Waals surface area contributed by atoms with Gasteiger partial charge in [0.15, 0.2) is 11.5 Å². The number of aryl methyl sites for hydroxylation is 1. The Balaban J connectivity index is 1.72. The quantitative estimate of drug-likeness (QED) is 0.724. The van der Waals surface area contributed by atoms with E-state index in [-0.39, 0.29) is 11.9 Å². The van der Waals surface area contributed by atoms with Crippen molar-refractivity contribution >= 4 is 5.91 Å². The van der Waals surface area contributed by atoms with Crippen LogP contribution in [0.15, 0.2) is 54.9 Å². The summed E-state index contributed by atoms with van der Waals surface area (Å²) < 4.78 is 12.5. The van der Waals surface area contributed by atoms with Gasteiger partial charge in [-0.3, -0.25) is 4.79 Å². The summed E-state index contributed by atoms with van der Waals surface area (Å²) >= 11 is 0. The number of carbonyl (C=O) groups excluding carboxylic acids is 1. The second-order valence-corrected chi connectivity index (χ2v) is 6.20. The third-order valence-corrected chi connectivity index (χ3v) is 4.49. The van der Waals surface area contributed by atoms with Crippen molar-refractivity contribution in [3.05, 3.63) is 71.8 Å². The smallest absolute Gasteiger partial charge is 0.251 e. The lowest BCUT2D eigenvalue weighted by molar-refractivity contribution is 0.0939. The fourth-order valence-electron chi connectivity index (χ4n) is 2.92. The highest BCUT2D eigenvalue weighted by Gasteiger charge is 2.14. The minimum atomic E-state index is -0.169. The number of rotatable bonds is 6. The predicted molar refractivity (Wildman–Crippen MR) is 104 cm³/mol. The number of benzene rings is 2. The summed E-state index contributed by atoms with van der Waals surface area (Å²) in [6, 6.07) is 13.0. The van der Waals surface area contributed by atoms with Crippen molar-refractivity contribution in [3.8, 4) is 17.2 Å². The van der Waals surface area contributed by atoms with Gasteiger partial charge in [-0.15, -0.1) is 0 Å². The van der Waals surface area contributed by atoms with Gasteiger partial charge in [0, 0.05) is 23.6 Å². The van der Waals surface area contributed by atoms with E-state index in [1.165, 1.54) is 0 Å². The maximum Gasteiger partial charge on any atom is 0.251 e. The number of carbonyl (C=O) groups is 1. The fraction of sp³-hybridized carbons (Fsp3) is 0.238. The molecule has 1 atom stereocenters. The molecule has 0 fully saturated rings. The number of aromatic nitrogens is 2. The first kappa shape index (κ1) is 18.5. The van der Waals surface area contributed by atoms with Crippen LogP contribution in [0.25, 0.3) is 5.69 Å². The molecule has 1 amide bonds. The van der Waals surface area contributed by atoms with E-state index in [0.717, 1.165) is 17.1 Å². The normalized spacial score (nSPS) is 11.7. The molecule has 1 N–H and O–H groups in total. The molecule has 3 aromatic rings. The minimum absolute atomic E-state index is 0.136. The molecule has 0 aliphatic heterocycles. The SMILES string of the molecule is COc1ccc(C(=O)N[C@@H](C)c2ccc(-n3ccnc3C)cc2)cc1OC. The maximum atomic E-state index is 12.6. The second-order valence-electron chi connectivity index (χ2n) is 6.20. The van der Waals surface area contributed by atoms with Crippen LogP contribution in [0.5, 0.6) is 11.5 Å². The van der Waals surface area contributed by atoms with Gasteiger partial charge in [0.05, 0.1) is 20.3 Å². The third-order valence-electron chi connectivity index (χ3n) is 4.49. The van der Waals surface area contributed by atoms with E-state index in [4.69, 9.17) is 9.47 Å². The maximum absolute atomic E-state index is 12.6. The molecule has 0 unspecified atom stereocenters. The van der Waals surface area contributed by atoms with E-state index in [1.807, 2.05) is 48.9 Å². The first-order chi connectivity index (χ1) is 13.0. The summed E-state index contributed by atoms with van der Waals surface area (Å²) in [6.07, 6.45) is 3.70. The summed E-state index contributed by atoms with van der Waals surface area (Å²) in [5, 5.41) is 3.01. The first-order valence-electron chi connectivity index (χ1n) is 8.66. The molecule has 0 saturated heterocycles. The average molecular weight is 365 g/mol. The standard InChI is InChI=1S/C21H23N3O3/c1-14(16-5-8-18(9-6-16)24-12-11-22-15(24)2)23-21(25)17-7-10-19(26-3)20(13-17)27-4/h5-14H,1-4H3,(H,23,25)/t14-/m0/s1. The van der Waals surface area contributed by atoms with E-state index >= 15 is 0 Å². The minimum Gasteiger partial charge on any atom is -0.493 e. The number of imidazole rings is 1.